The van der Waals surface area contributed by atoms with Gasteiger partial charge in [-0.15, -0.1) is 0 Å². The lowest BCUT2D eigenvalue weighted by Crippen LogP contribution is -2.45. The van der Waals surface area contributed by atoms with E-state index in [1.807, 2.05) is 23.1 Å². The summed E-state index contributed by atoms with van der Waals surface area (Å²) >= 11 is 0. The predicted molar refractivity (Wildman–Crippen MR) is 95.7 cm³/mol. The first-order valence-electron chi connectivity index (χ1n) is 9.75. The standard InChI is InChI=1S/C19H32N4O/c1-2-21-13-7-17(8-14-21)16-19(24)23-12-4-3-6-18(23)9-15-22-11-5-10-20-22/h5,10-11,17-18H,2-4,6-9,12-16H2,1H3. The Hall–Kier alpha value is -1.36. The lowest BCUT2D eigenvalue weighted by molar-refractivity contribution is -0.136. The SMILES string of the molecule is CCN1CCC(CC(=O)N2CCCCC2CCn2cccn2)CC1. The van der Waals surface area contributed by atoms with Gasteiger partial charge in [0.25, 0.3) is 0 Å². The second-order valence-corrected chi connectivity index (χ2v) is 7.38. The zero-order valence-corrected chi connectivity index (χ0v) is 15.1. The minimum Gasteiger partial charge on any atom is -0.340 e. The summed E-state index contributed by atoms with van der Waals surface area (Å²) in [6.07, 6.45) is 11.6. The average molecular weight is 332 g/mol. The monoisotopic (exact) mass is 332 g/mol. The average Bonchev–Trinajstić information content (AvgIpc) is 3.14. The van der Waals surface area contributed by atoms with E-state index >= 15 is 0 Å². The number of hydrogen-bond donors (Lipinski definition) is 0. The van der Waals surface area contributed by atoms with Crippen LogP contribution in [0.2, 0.25) is 0 Å². The van der Waals surface area contributed by atoms with Crippen molar-refractivity contribution in [3.63, 3.8) is 0 Å². The van der Waals surface area contributed by atoms with Crippen molar-refractivity contribution in [3.05, 3.63) is 18.5 Å². The van der Waals surface area contributed by atoms with Crippen LogP contribution in [0.4, 0.5) is 0 Å². The fraction of sp³-hybridized carbons (Fsp3) is 0.789. The van der Waals surface area contributed by atoms with Crippen LogP contribution in [0.25, 0.3) is 0 Å². The van der Waals surface area contributed by atoms with Gasteiger partial charge in [0.05, 0.1) is 0 Å². The fourth-order valence-electron chi connectivity index (χ4n) is 4.21. The van der Waals surface area contributed by atoms with E-state index in [1.54, 1.807) is 0 Å². The van der Waals surface area contributed by atoms with E-state index in [0.717, 1.165) is 58.4 Å². The van der Waals surface area contributed by atoms with Crippen molar-refractivity contribution in [2.24, 2.45) is 5.92 Å². The van der Waals surface area contributed by atoms with Gasteiger partial charge in [0.1, 0.15) is 0 Å². The lowest BCUT2D eigenvalue weighted by atomic mass is 9.91. The van der Waals surface area contributed by atoms with Crippen molar-refractivity contribution in [1.29, 1.82) is 0 Å². The van der Waals surface area contributed by atoms with Crippen LogP contribution in [0.5, 0.6) is 0 Å². The summed E-state index contributed by atoms with van der Waals surface area (Å²) in [5.74, 6) is 0.990. The molecular formula is C19H32N4O. The summed E-state index contributed by atoms with van der Waals surface area (Å²) in [5, 5.41) is 4.29. The van der Waals surface area contributed by atoms with E-state index in [1.165, 1.54) is 19.3 Å². The maximum absolute atomic E-state index is 12.9. The minimum atomic E-state index is 0.398. The third-order valence-corrected chi connectivity index (χ3v) is 5.82. The molecule has 0 radical (unpaired) electrons. The number of amides is 1. The molecule has 3 rings (SSSR count). The van der Waals surface area contributed by atoms with Gasteiger partial charge in [-0.3, -0.25) is 9.48 Å². The normalized spacial score (nSPS) is 23.5. The minimum absolute atomic E-state index is 0.398. The quantitative estimate of drug-likeness (QED) is 0.804. The van der Waals surface area contributed by atoms with Gasteiger partial charge in [0.2, 0.25) is 5.91 Å². The second-order valence-electron chi connectivity index (χ2n) is 7.38. The highest BCUT2D eigenvalue weighted by Gasteiger charge is 2.29. The van der Waals surface area contributed by atoms with Crippen molar-refractivity contribution in [2.75, 3.05) is 26.2 Å². The molecule has 2 fully saturated rings. The molecule has 1 atom stereocenters. The van der Waals surface area contributed by atoms with Gasteiger partial charge in [-0.25, -0.2) is 0 Å². The number of nitrogens with zero attached hydrogens (tertiary/aromatic N) is 4. The molecule has 2 aliphatic rings. The number of likely N-dealkylation sites (tertiary alicyclic amines) is 2. The van der Waals surface area contributed by atoms with Crippen LogP contribution in [0, 0.1) is 5.92 Å². The highest BCUT2D eigenvalue weighted by atomic mass is 16.2. The lowest BCUT2D eigenvalue weighted by Gasteiger charge is -2.38. The summed E-state index contributed by atoms with van der Waals surface area (Å²) in [7, 11) is 0. The molecule has 0 bridgehead atoms. The molecule has 0 saturated carbocycles. The van der Waals surface area contributed by atoms with Crippen molar-refractivity contribution in [2.45, 2.75) is 64.5 Å². The van der Waals surface area contributed by atoms with Gasteiger partial charge in [0, 0.05) is 37.9 Å². The predicted octanol–water partition coefficient (Wildman–Crippen LogP) is 2.78. The van der Waals surface area contributed by atoms with Gasteiger partial charge in [-0.1, -0.05) is 6.92 Å². The van der Waals surface area contributed by atoms with E-state index in [2.05, 4.69) is 21.8 Å². The first-order chi connectivity index (χ1) is 11.8. The summed E-state index contributed by atoms with van der Waals surface area (Å²) < 4.78 is 1.98. The molecule has 134 valence electrons. The highest BCUT2D eigenvalue weighted by Crippen LogP contribution is 2.25. The number of carbonyl (C=O) groups excluding carboxylic acids is 1. The largest absolute Gasteiger partial charge is 0.340 e. The molecule has 1 aromatic heterocycles. The molecule has 24 heavy (non-hydrogen) atoms. The molecule has 1 amide bonds. The summed E-state index contributed by atoms with van der Waals surface area (Å²) in [5.41, 5.74) is 0. The third kappa shape index (κ3) is 4.59. The zero-order valence-electron chi connectivity index (χ0n) is 15.1. The van der Waals surface area contributed by atoms with Gasteiger partial charge < -0.3 is 9.80 Å². The molecule has 0 aliphatic carbocycles. The van der Waals surface area contributed by atoms with Gasteiger partial charge in [-0.2, -0.15) is 5.10 Å². The van der Waals surface area contributed by atoms with Crippen LogP contribution < -0.4 is 0 Å². The number of aryl methyl sites for hydroxylation is 1. The van der Waals surface area contributed by atoms with Crippen LogP contribution in [0.15, 0.2) is 18.5 Å². The molecule has 5 heteroatoms. The van der Waals surface area contributed by atoms with Crippen LogP contribution in [-0.2, 0) is 11.3 Å². The molecule has 0 spiro atoms. The van der Waals surface area contributed by atoms with Crippen LogP contribution in [0.3, 0.4) is 0 Å². The Labute approximate surface area is 146 Å². The van der Waals surface area contributed by atoms with E-state index in [9.17, 15) is 4.79 Å². The van der Waals surface area contributed by atoms with Gasteiger partial charge in [0.15, 0.2) is 0 Å². The number of carbonyl (C=O) groups is 1. The number of rotatable bonds is 6. The van der Waals surface area contributed by atoms with Crippen LogP contribution >= 0.6 is 0 Å². The van der Waals surface area contributed by atoms with Crippen LogP contribution in [-0.4, -0.2) is 57.7 Å². The van der Waals surface area contributed by atoms with E-state index in [0.29, 0.717) is 17.9 Å². The number of piperidine rings is 2. The topological polar surface area (TPSA) is 41.4 Å². The molecule has 0 aromatic carbocycles. The Morgan fingerprint density at radius 1 is 1.17 bits per heavy atom. The third-order valence-electron chi connectivity index (χ3n) is 5.82. The number of hydrogen-bond acceptors (Lipinski definition) is 3. The molecule has 5 nitrogen and oxygen atoms in total. The van der Waals surface area contributed by atoms with E-state index < -0.39 is 0 Å². The molecule has 2 saturated heterocycles. The zero-order chi connectivity index (χ0) is 16.8. The Morgan fingerprint density at radius 2 is 2.00 bits per heavy atom. The molecule has 0 N–H and O–H groups in total. The van der Waals surface area contributed by atoms with E-state index in [4.69, 9.17) is 0 Å². The highest BCUT2D eigenvalue weighted by molar-refractivity contribution is 5.77. The Bertz CT molecular complexity index is 493. The summed E-state index contributed by atoms with van der Waals surface area (Å²) in [6, 6.07) is 2.37. The first kappa shape index (κ1) is 17.5. The Balaban J connectivity index is 1.49. The van der Waals surface area contributed by atoms with Crippen molar-refractivity contribution in [3.8, 4) is 0 Å². The fourth-order valence-corrected chi connectivity index (χ4v) is 4.21. The van der Waals surface area contributed by atoms with E-state index in [-0.39, 0.29) is 0 Å². The molecule has 1 unspecified atom stereocenters. The molecule has 1 aromatic rings. The Kier molecular flexibility index (Phi) is 6.30. The maximum atomic E-state index is 12.9. The van der Waals surface area contributed by atoms with Gasteiger partial charge in [-0.05, 0) is 70.1 Å². The summed E-state index contributed by atoms with van der Waals surface area (Å²) in [4.78, 5) is 17.6. The number of aromatic nitrogens is 2. The van der Waals surface area contributed by atoms with Crippen molar-refractivity contribution >= 4 is 5.91 Å². The maximum Gasteiger partial charge on any atom is 0.223 e. The van der Waals surface area contributed by atoms with Gasteiger partial charge >= 0.3 is 0 Å². The summed E-state index contributed by atoms with van der Waals surface area (Å²) in [6.45, 7) is 7.56. The molecule has 2 aliphatic heterocycles. The Morgan fingerprint density at radius 3 is 2.71 bits per heavy atom. The smallest absolute Gasteiger partial charge is 0.223 e. The first-order valence-corrected chi connectivity index (χ1v) is 9.75. The van der Waals surface area contributed by atoms with Crippen molar-refractivity contribution in [1.82, 2.24) is 19.6 Å². The second kappa shape index (κ2) is 8.65. The van der Waals surface area contributed by atoms with Crippen LogP contribution in [0.1, 0.15) is 51.9 Å². The molecule has 3 heterocycles. The van der Waals surface area contributed by atoms with Crippen molar-refractivity contribution < 1.29 is 4.79 Å². The molecular weight excluding hydrogens is 300 g/mol.